The van der Waals surface area contributed by atoms with Gasteiger partial charge in [-0.15, -0.1) is 0 Å². The third-order valence-electron chi connectivity index (χ3n) is 2.76. The van der Waals surface area contributed by atoms with Gasteiger partial charge in [0.05, 0.1) is 11.5 Å². The van der Waals surface area contributed by atoms with Crippen molar-refractivity contribution < 1.29 is 27.6 Å². The van der Waals surface area contributed by atoms with Gasteiger partial charge in [-0.1, -0.05) is 6.07 Å². The van der Waals surface area contributed by atoms with E-state index in [-0.39, 0.29) is 23.4 Å². The molecule has 0 unspecified atom stereocenters. The van der Waals surface area contributed by atoms with E-state index in [2.05, 4.69) is 10.1 Å². The molecule has 0 aliphatic rings. The van der Waals surface area contributed by atoms with E-state index in [9.17, 15) is 28.1 Å². The number of carbonyl (C=O) groups excluding carboxylic acids is 1. The van der Waals surface area contributed by atoms with E-state index in [4.69, 9.17) is 0 Å². The lowest BCUT2D eigenvalue weighted by atomic mass is 10.1. The van der Waals surface area contributed by atoms with Crippen LogP contribution in [0.15, 0.2) is 18.2 Å². The van der Waals surface area contributed by atoms with Crippen LogP contribution in [0.25, 0.3) is 0 Å². The zero-order valence-corrected chi connectivity index (χ0v) is 11.9. The largest absolute Gasteiger partial charge is 0.411 e. The lowest BCUT2D eigenvalue weighted by Gasteiger charge is -2.16. The van der Waals surface area contributed by atoms with E-state index in [0.717, 1.165) is 0 Å². The van der Waals surface area contributed by atoms with Gasteiger partial charge < -0.3 is 10.1 Å². The Balaban J connectivity index is 2.66. The topological polar surface area (TPSA) is 81.5 Å². The molecule has 122 valence electrons. The van der Waals surface area contributed by atoms with Gasteiger partial charge in [0, 0.05) is 23.2 Å². The van der Waals surface area contributed by atoms with Crippen LogP contribution in [0, 0.1) is 17.0 Å². The summed E-state index contributed by atoms with van der Waals surface area (Å²) in [6.45, 7) is 1.18. The highest BCUT2D eigenvalue weighted by Crippen LogP contribution is 2.21. The van der Waals surface area contributed by atoms with Gasteiger partial charge in [0.15, 0.2) is 0 Å². The van der Waals surface area contributed by atoms with Crippen molar-refractivity contribution in [2.45, 2.75) is 26.1 Å². The third-order valence-corrected chi connectivity index (χ3v) is 2.76. The van der Waals surface area contributed by atoms with Crippen molar-refractivity contribution in [1.82, 2.24) is 5.32 Å². The summed E-state index contributed by atoms with van der Waals surface area (Å²) in [6.07, 6.45) is -4.43. The Kier molecular flexibility index (Phi) is 5.86. The van der Waals surface area contributed by atoms with Gasteiger partial charge >= 0.3 is 6.18 Å². The average molecular weight is 320 g/mol. The fraction of sp³-hybridized carbons (Fsp3) is 0.462. The third kappa shape index (κ3) is 5.32. The summed E-state index contributed by atoms with van der Waals surface area (Å²) in [7, 11) is 0. The summed E-state index contributed by atoms with van der Waals surface area (Å²) >= 11 is 0. The Bertz CT molecular complexity index is 561. The van der Waals surface area contributed by atoms with Crippen molar-refractivity contribution in [2.24, 2.45) is 0 Å². The monoisotopic (exact) mass is 320 g/mol. The molecular weight excluding hydrogens is 305 g/mol. The van der Waals surface area contributed by atoms with Gasteiger partial charge in [-0.25, -0.2) is 0 Å². The molecule has 0 heterocycles. The quantitative estimate of drug-likeness (QED) is 0.645. The number of halogens is 3. The Hall–Kier alpha value is -2.16. The van der Waals surface area contributed by atoms with Crippen LogP contribution >= 0.6 is 0 Å². The highest BCUT2D eigenvalue weighted by atomic mass is 19.4. The molecule has 0 aliphatic heterocycles. The minimum atomic E-state index is -4.43. The fourth-order valence-electron chi connectivity index (χ4n) is 1.76. The van der Waals surface area contributed by atoms with Crippen LogP contribution in [0.2, 0.25) is 0 Å². The van der Waals surface area contributed by atoms with Crippen molar-refractivity contribution in [3.05, 3.63) is 39.4 Å². The molecule has 1 amide bonds. The summed E-state index contributed by atoms with van der Waals surface area (Å²) in [5.74, 6) is -0.607. The number of rotatable bonds is 6. The van der Waals surface area contributed by atoms with Gasteiger partial charge in [0.1, 0.15) is 6.61 Å². The minimum Gasteiger partial charge on any atom is -0.370 e. The Morgan fingerprint density at radius 3 is 2.64 bits per heavy atom. The Morgan fingerprint density at radius 2 is 2.09 bits per heavy atom. The van der Waals surface area contributed by atoms with E-state index in [0.29, 0.717) is 0 Å². The van der Waals surface area contributed by atoms with Gasteiger partial charge in [0.25, 0.3) is 11.6 Å². The van der Waals surface area contributed by atoms with Crippen LogP contribution in [-0.2, 0) is 4.74 Å². The summed E-state index contributed by atoms with van der Waals surface area (Å²) < 4.78 is 40.2. The maximum Gasteiger partial charge on any atom is 0.411 e. The SMILES string of the molecule is Cc1c(C(=O)N[C@@H](C)COCC(F)(F)F)cccc1[N+](=O)[O-]. The zero-order chi connectivity index (χ0) is 16.9. The fourth-order valence-corrected chi connectivity index (χ4v) is 1.76. The number of carbonyl (C=O) groups is 1. The number of nitro groups is 1. The van der Waals surface area contributed by atoms with E-state index < -0.39 is 29.7 Å². The molecule has 0 saturated heterocycles. The maximum atomic E-state index is 12.0. The highest BCUT2D eigenvalue weighted by molar-refractivity contribution is 5.96. The molecule has 0 aromatic heterocycles. The van der Waals surface area contributed by atoms with Crippen molar-refractivity contribution >= 4 is 11.6 Å². The van der Waals surface area contributed by atoms with Crippen LogP contribution in [0.5, 0.6) is 0 Å². The van der Waals surface area contributed by atoms with E-state index in [1.165, 1.54) is 32.0 Å². The summed E-state index contributed by atoms with van der Waals surface area (Å²) in [5.41, 5.74) is 0.0823. The molecule has 1 aromatic rings. The van der Waals surface area contributed by atoms with Gasteiger partial charge in [-0.3, -0.25) is 14.9 Å². The molecule has 0 saturated carbocycles. The predicted molar refractivity (Wildman–Crippen MR) is 71.6 cm³/mol. The molecule has 1 atom stereocenters. The second-order valence-electron chi connectivity index (χ2n) is 4.71. The van der Waals surface area contributed by atoms with E-state index in [1.807, 2.05) is 0 Å². The normalized spacial score (nSPS) is 12.8. The molecule has 22 heavy (non-hydrogen) atoms. The van der Waals surface area contributed by atoms with E-state index >= 15 is 0 Å². The Labute approximate surface area is 124 Å². The molecule has 0 aliphatic carbocycles. The number of alkyl halides is 3. The number of amides is 1. The number of nitrogens with zero attached hydrogens (tertiary/aromatic N) is 1. The first-order valence-corrected chi connectivity index (χ1v) is 6.31. The van der Waals surface area contributed by atoms with Crippen molar-refractivity contribution in [2.75, 3.05) is 13.2 Å². The van der Waals surface area contributed by atoms with Crippen LogP contribution in [-0.4, -0.2) is 36.3 Å². The van der Waals surface area contributed by atoms with Crippen LogP contribution in [0.3, 0.4) is 0 Å². The molecule has 1 N–H and O–H groups in total. The smallest absolute Gasteiger partial charge is 0.370 e. The molecule has 9 heteroatoms. The first-order valence-electron chi connectivity index (χ1n) is 6.31. The molecule has 0 radical (unpaired) electrons. The van der Waals surface area contributed by atoms with E-state index in [1.54, 1.807) is 0 Å². The number of hydrogen-bond acceptors (Lipinski definition) is 4. The van der Waals surface area contributed by atoms with Crippen molar-refractivity contribution in [1.29, 1.82) is 0 Å². The molecular formula is C13H15F3N2O4. The average Bonchev–Trinajstić information content (AvgIpc) is 2.36. The summed E-state index contributed by atoms with van der Waals surface area (Å²) in [6, 6.07) is 3.36. The lowest BCUT2D eigenvalue weighted by Crippen LogP contribution is -2.37. The molecule has 1 aromatic carbocycles. The van der Waals surface area contributed by atoms with Crippen molar-refractivity contribution in [3.8, 4) is 0 Å². The number of ether oxygens (including phenoxy) is 1. The maximum absolute atomic E-state index is 12.0. The first kappa shape index (κ1) is 17.9. The molecule has 0 bridgehead atoms. The predicted octanol–water partition coefficient (Wildman–Crippen LogP) is 2.60. The minimum absolute atomic E-state index is 0.0943. The number of nitro benzene ring substituents is 1. The molecule has 0 spiro atoms. The van der Waals surface area contributed by atoms with Gasteiger partial charge in [0.2, 0.25) is 0 Å². The van der Waals surface area contributed by atoms with Crippen molar-refractivity contribution in [3.63, 3.8) is 0 Å². The lowest BCUT2D eigenvalue weighted by molar-refractivity contribution is -0.385. The number of nitrogens with one attached hydrogen (secondary N) is 1. The summed E-state index contributed by atoms with van der Waals surface area (Å²) in [4.78, 5) is 22.2. The zero-order valence-electron chi connectivity index (χ0n) is 11.9. The Morgan fingerprint density at radius 1 is 1.45 bits per heavy atom. The second-order valence-corrected chi connectivity index (χ2v) is 4.71. The first-order chi connectivity index (χ1) is 10.1. The molecule has 6 nitrogen and oxygen atoms in total. The highest BCUT2D eigenvalue weighted by Gasteiger charge is 2.28. The van der Waals surface area contributed by atoms with Gasteiger partial charge in [-0.05, 0) is 19.9 Å². The van der Waals surface area contributed by atoms with Crippen LogP contribution < -0.4 is 5.32 Å². The number of benzene rings is 1. The van der Waals surface area contributed by atoms with Crippen LogP contribution in [0.1, 0.15) is 22.8 Å². The second kappa shape index (κ2) is 7.21. The molecule has 1 rings (SSSR count). The van der Waals surface area contributed by atoms with Gasteiger partial charge in [-0.2, -0.15) is 13.2 Å². The van der Waals surface area contributed by atoms with Crippen LogP contribution in [0.4, 0.5) is 18.9 Å². The molecule has 0 fully saturated rings. The standard InChI is InChI=1S/C13H15F3N2O4/c1-8(6-22-7-13(14,15)16)17-12(19)10-4-3-5-11(9(10)2)18(20)21/h3-5,8H,6-7H2,1-2H3,(H,17,19)/t8-/m0/s1. The number of hydrogen-bond donors (Lipinski definition) is 1. The summed E-state index contributed by atoms with van der Waals surface area (Å²) in [5, 5.41) is 13.2.